The van der Waals surface area contributed by atoms with E-state index in [0.717, 1.165) is 30.0 Å². The zero-order valence-electron chi connectivity index (χ0n) is 12.2. The molecule has 0 atom stereocenters. The minimum absolute atomic E-state index is 0.0278. The molecule has 1 heterocycles. The summed E-state index contributed by atoms with van der Waals surface area (Å²) < 4.78 is 5.33. The van der Waals surface area contributed by atoms with Gasteiger partial charge < -0.3 is 15.0 Å². The molecule has 1 saturated carbocycles. The molecule has 3 rings (SSSR count). The second-order valence-corrected chi connectivity index (χ2v) is 5.95. The van der Waals surface area contributed by atoms with Crippen LogP contribution in [0.15, 0.2) is 18.2 Å². The molecule has 1 fully saturated rings. The van der Waals surface area contributed by atoms with Crippen molar-refractivity contribution in [2.45, 2.75) is 44.1 Å². The summed E-state index contributed by atoms with van der Waals surface area (Å²) in [5, 5.41) is 3.04. The summed E-state index contributed by atoms with van der Waals surface area (Å²) in [4.78, 5) is 14.6. The first-order valence-electron chi connectivity index (χ1n) is 7.36. The van der Waals surface area contributed by atoms with Crippen molar-refractivity contribution in [1.29, 1.82) is 0 Å². The van der Waals surface area contributed by atoms with E-state index in [9.17, 15) is 4.79 Å². The largest absolute Gasteiger partial charge is 0.497 e. The first-order valence-corrected chi connectivity index (χ1v) is 7.36. The van der Waals surface area contributed by atoms with Crippen LogP contribution in [0.1, 0.15) is 38.5 Å². The van der Waals surface area contributed by atoms with Crippen LogP contribution in [-0.2, 0) is 4.79 Å². The minimum atomic E-state index is -0.0278. The number of benzene rings is 1. The molecule has 4 heteroatoms. The standard InChI is InChI=1S/C16H22N2O2/c1-18-14-10-12(20-2)6-7-13(14)17-15(19)11-16(18)8-4-3-5-9-16/h6-7,10H,3-5,8-9,11H2,1-2H3,(H,17,19). The third-order valence-electron chi connectivity index (χ3n) is 4.83. The van der Waals surface area contributed by atoms with Crippen LogP contribution in [0, 0.1) is 0 Å². The highest BCUT2D eigenvalue weighted by Crippen LogP contribution is 2.44. The zero-order valence-corrected chi connectivity index (χ0v) is 12.2. The Morgan fingerprint density at radius 2 is 2.00 bits per heavy atom. The van der Waals surface area contributed by atoms with Crippen molar-refractivity contribution in [2.75, 3.05) is 24.4 Å². The van der Waals surface area contributed by atoms with Crippen molar-refractivity contribution in [1.82, 2.24) is 0 Å². The molecule has 0 radical (unpaired) electrons. The summed E-state index contributed by atoms with van der Waals surface area (Å²) in [6, 6.07) is 5.85. The first kappa shape index (κ1) is 13.3. The maximum atomic E-state index is 12.3. The fourth-order valence-corrected chi connectivity index (χ4v) is 3.61. The number of carbonyl (C=O) groups is 1. The van der Waals surface area contributed by atoms with Gasteiger partial charge in [-0.15, -0.1) is 0 Å². The lowest BCUT2D eigenvalue weighted by molar-refractivity contribution is -0.117. The lowest BCUT2D eigenvalue weighted by Crippen LogP contribution is -2.49. The van der Waals surface area contributed by atoms with Crippen LogP contribution in [0.4, 0.5) is 11.4 Å². The summed E-state index contributed by atoms with van der Waals surface area (Å²) in [5.41, 5.74) is 1.93. The van der Waals surface area contributed by atoms with E-state index in [-0.39, 0.29) is 11.4 Å². The van der Waals surface area contributed by atoms with Crippen LogP contribution in [0.25, 0.3) is 0 Å². The van der Waals surface area contributed by atoms with Gasteiger partial charge in [0.2, 0.25) is 5.91 Å². The minimum Gasteiger partial charge on any atom is -0.497 e. The van der Waals surface area contributed by atoms with Gasteiger partial charge in [-0.3, -0.25) is 4.79 Å². The lowest BCUT2D eigenvalue weighted by atomic mass is 9.78. The second kappa shape index (κ2) is 5.00. The van der Waals surface area contributed by atoms with Crippen molar-refractivity contribution in [3.05, 3.63) is 18.2 Å². The molecule has 1 spiro atoms. The van der Waals surface area contributed by atoms with Gasteiger partial charge in [0.15, 0.2) is 0 Å². The predicted octanol–water partition coefficient (Wildman–Crippen LogP) is 3.18. The summed E-state index contributed by atoms with van der Waals surface area (Å²) in [6.45, 7) is 0. The van der Waals surface area contributed by atoms with Crippen molar-refractivity contribution in [3.8, 4) is 5.75 Å². The molecule has 1 amide bonds. The molecule has 1 aromatic carbocycles. The number of anilines is 2. The molecule has 1 N–H and O–H groups in total. The maximum Gasteiger partial charge on any atom is 0.226 e. The Morgan fingerprint density at radius 1 is 1.25 bits per heavy atom. The summed E-state index contributed by atoms with van der Waals surface area (Å²) in [5.74, 6) is 0.959. The number of ether oxygens (including phenoxy) is 1. The Labute approximate surface area is 120 Å². The molecule has 4 nitrogen and oxygen atoms in total. The quantitative estimate of drug-likeness (QED) is 0.855. The van der Waals surface area contributed by atoms with Crippen molar-refractivity contribution in [3.63, 3.8) is 0 Å². The second-order valence-electron chi connectivity index (χ2n) is 5.95. The van der Waals surface area contributed by atoms with Gasteiger partial charge in [-0.1, -0.05) is 19.3 Å². The molecule has 20 heavy (non-hydrogen) atoms. The van der Waals surface area contributed by atoms with E-state index in [1.807, 2.05) is 18.2 Å². The number of carbonyl (C=O) groups excluding carboxylic acids is 1. The third-order valence-corrected chi connectivity index (χ3v) is 4.83. The summed E-state index contributed by atoms with van der Waals surface area (Å²) in [7, 11) is 3.79. The van der Waals surface area contributed by atoms with Crippen LogP contribution in [0.2, 0.25) is 0 Å². The number of methoxy groups -OCH3 is 1. The van der Waals surface area contributed by atoms with E-state index in [1.54, 1.807) is 7.11 Å². The zero-order chi connectivity index (χ0) is 14.2. The van der Waals surface area contributed by atoms with Crippen LogP contribution < -0.4 is 15.0 Å². The molecule has 1 aliphatic heterocycles. The van der Waals surface area contributed by atoms with Gasteiger partial charge in [0, 0.05) is 18.7 Å². The Balaban J connectivity index is 2.06. The average Bonchev–Trinajstić information content (AvgIpc) is 2.56. The molecule has 1 aromatic rings. The summed E-state index contributed by atoms with van der Waals surface area (Å²) >= 11 is 0. The smallest absolute Gasteiger partial charge is 0.226 e. The van der Waals surface area contributed by atoms with E-state index >= 15 is 0 Å². The highest BCUT2D eigenvalue weighted by Gasteiger charge is 2.41. The monoisotopic (exact) mass is 274 g/mol. The van der Waals surface area contributed by atoms with Crippen LogP contribution in [0.3, 0.4) is 0 Å². The van der Waals surface area contributed by atoms with Gasteiger partial charge >= 0.3 is 0 Å². The number of hydrogen-bond donors (Lipinski definition) is 1. The fourth-order valence-electron chi connectivity index (χ4n) is 3.61. The SMILES string of the molecule is COc1ccc2c(c1)N(C)C1(CCCCC1)CC(=O)N2. The topological polar surface area (TPSA) is 41.6 Å². The molecule has 0 unspecified atom stereocenters. The van der Waals surface area contributed by atoms with Gasteiger partial charge in [-0.05, 0) is 25.0 Å². The van der Waals surface area contributed by atoms with Crippen LogP contribution in [-0.4, -0.2) is 25.6 Å². The van der Waals surface area contributed by atoms with Gasteiger partial charge in [0.25, 0.3) is 0 Å². The van der Waals surface area contributed by atoms with Gasteiger partial charge in [-0.25, -0.2) is 0 Å². The van der Waals surface area contributed by atoms with E-state index in [2.05, 4.69) is 17.3 Å². The van der Waals surface area contributed by atoms with Gasteiger partial charge in [-0.2, -0.15) is 0 Å². The Morgan fingerprint density at radius 3 is 2.70 bits per heavy atom. The Kier molecular flexibility index (Phi) is 3.32. The lowest BCUT2D eigenvalue weighted by Gasteiger charge is -2.44. The fraction of sp³-hybridized carbons (Fsp3) is 0.562. The van der Waals surface area contributed by atoms with Gasteiger partial charge in [0.05, 0.1) is 24.9 Å². The van der Waals surface area contributed by atoms with Crippen molar-refractivity contribution >= 4 is 17.3 Å². The van der Waals surface area contributed by atoms with Crippen LogP contribution in [0.5, 0.6) is 5.75 Å². The first-order chi connectivity index (χ1) is 9.64. The van der Waals surface area contributed by atoms with Gasteiger partial charge in [0.1, 0.15) is 5.75 Å². The maximum absolute atomic E-state index is 12.3. The molecule has 0 bridgehead atoms. The third kappa shape index (κ3) is 2.13. The average molecular weight is 274 g/mol. The van der Waals surface area contributed by atoms with Crippen LogP contribution >= 0.6 is 0 Å². The molecule has 0 saturated heterocycles. The van der Waals surface area contributed by atoms with E-state index in [0.29, 0.717) is 6.42 Å². The normalized spacial score (nSPS) is 21.1. The highest BCUT2D eigenvalue weighted by molar-refractivity contribution is 5.97. The number of rotatable bonds is 1. The molecule has 108 valence electrons. The molecular formula is C16H22N2O2. The highest BCUT2D eigenvalue weighted by atomic mass is 16.5. The predicted molar refractivity (Wildman–Crippen MR) is 80.5 cm³/mol. The van der Waals surface area contributed by atoms with E-state index in [1.165, 1.54) is 19.3 Å². The number of nitrogens with zero attached hydrogens (tertiary/aromatic N) is 1. The molecular weight excluding hydrogens is 252 g/mol. The molecule has 0 aromatic heterocycles. The number of fused-ring (bicyclic) bond motifs is 1. The van der Waals surface area contributed by atoms with E-state index in [4.69, 9.17) is 4.74 Å². The Bertz CT molecular complexity index is 521. The Hall–Kier alpha value is -1.71. The molecule has 1 aliphatic carbocycles. The van der Waals surface area contributed by atoms with Crippen molar-refractivity contribution < 1.29 is 9.53 Å². The van der Waals surface area contributed by atoms with Crippen molar-refractivity contribution in [2.24, 2.45) is 0 Å². The molecule has 2 aliphatic rings. The number of hydrogen-bond acceptors (Lipinski definition) is 3. The number of amides is 1. The summed E-state index contributed by atoms with van der Waals surface area (Å²) in [6.07, 6.45) is 6.46. The number of nitrogens with one attached hydrogen (secondary N) is 1. The van der Waals surface area contributed by atoms with E-state index < -0.39 is 0 Å².